The number of aliphatic carboxylic acids is 1. The molecular formula is C34H40ClNO7. The van der Waals surface area contributed by atoms with Crippen LogP contribution in [-0.2, 0) is 14.4 Å². The van der Waals surface area contributed by atoms with Crippen molar-refractivity contribution in [3.63, 3.8) is 0 Å². The third-order valence-electron chi connectivity index (χ3n) is 8.68. The number of phenols is 1. The van der Waals surface area contributed by atoms with E-state index in [-0.39, 0.29) is 37.1 Å². The van der Waals surface area contributed by atoms with E-state index in [1.54, 1.807) is 12.1 Å². The summed E-state index contributed by atoms with van der Waals surface area (Å²) in [5, 5.41) is 41.2. The number of imide groups is 1. The molecule has 2 aromatic carbocycles. The van der Waals surface area contributed by atoms with Crippen LogP contribution in [0.1, 0.15) is 69.4 Å². The molecule has 0 saturated carbocycles. The zero-order chi connectivity index (χ0) is 31.1. The molecule has 1 heterocycles. The van der Waals surface area contributed by atoms with E-state index in [9.17, 15) is 29.7 Å². The lowest BCUT2D eigenvalue weighted by atomic mass is 9.67. The number of phenolic OH excluding ortho intramolecular Hbond substituents is 1. The highest BCUT2D eigenvalue weighted by molar-refractivity contribution is 6.32. The number of carbonyl (C=O) groups excluding carboxylic acids is 2. The highest BCUT2D eigenvalue weighted by atomic mass is 35.5. The van der Waals surface area contributed by atoms with Crippen LogP contribution in [0.2, 0.25) is 5.02 Å². The zero-order valence-electron chi connectivity index (χ0n) is 24.4. The van der Waals surface area contributed by atoms with Gasteiger partial charge in [-0.2, -0.15) is 0 Å². The molecule has 8 nitrogen and oxygen atoms in total. The van der Waals surface area contributed by atoms with Crippen molar-refractivity contribution in [1.29, 1.82) is 0 Å². The lowest BCUT2D eigenvalue weighted by Crippen LogP contribution is -2.39. The second-order valence-corrected chi connectivity index (χ2v) is 11.8. The number of carboxylic acids is 1. The average molecular weight is 610 g/mol. The van der Waals surface area contributed by atoms with Crippen molar-refractivity contribution in [2.75, 3.05) is 13.2 Å². The molecule has 1 saturated heterocycles. The summed E-state index contributed by atoms with van der Waals surface area (Å²) in [6, 6.07) is 14.5. The molecule has 2 amide bonds. The number of amides is 2. The number of nitrogens with zero attached hydrogens (tertiary/aromatic N) is 1. The van der Waals surface area contributed by atoms with E-state index in [0.717, 1.165) is 22.3 Å². The van der Waals surface area contributed by atoms with Gasteiger partial charge in [-0.3, -0.25) is 19.3 Å². The van der Waals surface area contributed by atoms with E-state index in [1.165, 1.54) is 11.0 Å². The fourth-order valence-electron chi connectivity index (χ4n) is 6.53. The predicted octanol–water partition coefficient (Wildman–Crippen LogP) is 5.69. The first-order valence-corrected chi connectivity index (χ1v) is 15.4. The number of fused-ring (bicyclic) bond motifs is 1. The first-order valence-electron chi connectivity index (χ1n) is 15.0. The number of rotatable bonds is 14. The summed E-state index contributed by atoms with van der Waals surface area (Å²) < 4.78 is 0. The zero-order valence-corrected chi connectivity index (χ0v) is 25.2. The Morgan fingerprint density at radius 2 is 1.81 bits per heavy atom. The molecule has 0 radical (unpaired) electrons. The summed E-state index contributed by atoms with van der Waals surface area (Å²) >= 11 is 6.39. The minimum atomic E-state index is -0.927. The predicted molar refractivity (Wildman–Crippen MR) is 165 cm³/mol. The number of carbonyl (C=O) groups is 3. The number of halogens is 1. The van der Waals surface area contributed by atoms with Gasteiger partial charge in [-0.1, -0.05) is 60.9 Å². The van der Waals surface area contributed by atoms with E-state index >= 15 is 0 Å². The van der Waals surface area contributed by atoms with Crippen molar-refractivity contribution < 1.29 is 34.8 Å². The fraction of sp³-hybridized carbons (Fsp3) is 0.441. The number of aromatic hydroxyl groups is 1. The molecule has 1 fully saturated rings. The molecule has 0 spiro atoms. The summed E-state index contributed by atoms with van der Waals surface area (Å²) in [4.78, 5) is 38.9. The van der Waals surface area contributed by atoms with E-state index in [4.69, 9.17) is 16.7 Å². The van der Waals surface area contributed by atoms with Gasteiger partial charge in [-0.15, -0.1) is 0 Å². The highest BCUT2D eigenvalue weighted by Crippen LogP contribution is 2.47. The van der Waals surface area contributed by atoms with Crippen LogP contribution in [0.15, 0.2) is 59.7 Å². The van der Waals surface area contributed by atoms with Crippen LogP contribution in [-0.4, -0.2) is 62.4 Å². The van der Waals surface area contributed by atoms with Crippen molar-refractivity contribution in [1.82, 2.24) is 4.90 Å². The van der Waals surface area contributed by atoms with Gasteiger partial charge < -0.3 is 20.4 Å². The maximum absolute atomic E-state index is 13.5. The molecule has 0 bridgehead atoms. The van der Waals surface area contributed by atoms with E-state index in [2.05, 4.69) is 0 Å². The number of aliphatic hydroxyl groups is 2. The Bertz CT molecular complexity index is 1390. The van der Waals surface area contributed by atoms with Gasteiger partial charge in [0.15, 0.2) is 0 Å². The Labute approximate surface area is 257 Å². The molecule has 9 heteroatoms. The molecule has 2 aliphatic rings. The van der Waals surface area contributed by atoms with Crippen LogP contribution in [0.5, 0.6) is 5.75 Å². The van der Waals surface area contributed by atoms with E-state index in [0.29, 0.717) is 55.5 Å². The van der Waals surface area contributed by atoms with Crippen LogP contribution in [0.25, 0.3) is 11.6 Å². The Balaban J connectivity index is 1.54. The van der Waals surface area contributed by atoms with Gasteiger partial charge in [0.25, 0.3) is 0 Å². The maximum atomic E-state index is 13.5. The fourth-order valence-corrected chi connectivity index (χ4v) is 6.76. The summed E-state index contributed by atoms with van der Waals surface area (Å²) in [5.41, 5.74) is 4.19. The number of allylic oxidation sites excluding steroid dienone is 2. The Morgan fingerprint density at radius 3 is 2.47 bits per heavy atom. The standard InChI is InChI=1S/C34H40ClNO7/c1-2-21-18-26-32(34(43)36(33(26)42)16-8-4-7-11-30(40)41)27(20-37)31(21)29(39)15-13-23(22-9-5-3-6-10-22)17-24-12-14-25(38)19-28(24)35/h3,5-6,9-10,12,14,17,19,26-27,29,32,37-39H,2,4,7-8,11,13,15-16,18,20H2,1H3,(H,40,41)/b23-17-/t26-,27+,29-,32-/m1/s1. The Kier molecular flexibility index (Phi) is 11.2. The summed E-state index contributed by atoms with van der Waals surface area (Å²) in [7, 11) is 0. The molecule has 2 aromatic rings. The first kappa shape index (κ1) is 32.5. The lowest BCUT2D eigenvalue weighted by molar-refractivity contribution is -0.141. The van der Waals surface area contributed by atoms with Crippen LogP contribution in [0.4, 0.5) is 0 Å². The van der Waals surface area contributed by atoms with Crippen LogP contribution in [0.3, 0.4) is 0 Å². The van der Waals surface area contributed by atoms with E-state index in [1.807, 2.05) is 43.3 Å². The lowest BCUT2D eigenvalue weighted by Gasteiger charge is -2.36. The third kappa shape index (κ3) is 7.55. The van der Waals surface area contributed by atoms with Gasteiger partial charge in [0, 0.05) is 18.9 Å². The van der Waals surface area contributed by atoms with Crippen LogP contribution >= 0.6 is 11.6 Å². The van der Waals surface area contributed by atoms with Crippen molar-refractivity contribution in [3.8, 4) is 5.75 Å². The Hall–Kier alpha value is -3.46. The van der Waals surface area contributed by atoms with Crippen molar-refractivity contribution >= 4 is 41.0 Å². The summed E-state index contributed by atoms with van der Waals surface area (Å²) in [6.07, 6.45) is 4.43. The number of likely N-dealkylation sites (tertiary alicyclic amines) is 1. The van der Waals surface area contributed by atoms with Crippen molar-refractivity contribution in [2.45, 2.75) is 64.4 Å². The number of aliphatic hydroxyl groups excluding tert-OH is 2. The third-order valence-corrected chi connectivity index (χ3v) is 9.00. The number of carboxylic acid groups (broad SMARTS) is 1. The first-order chi connectivity index (χ1) is 20.7. The SMILES string of the molecule is CCC1=C([C@H](O)CC/C(=C/c2ccc(O)cc2Cl)c2ccccc2)[C@H](CO)[C@@H]2C(=O)N(CCCCCC(=O)O)C(=O)[C@@H]2C1. The normalized spacial score (nSPS) is 21.3. The highest BCUT2D eigenvalue weighted by Gasteiger charge is 2.54. The van der Waals surface area contributed by atoms with Gasteiger partial charge in [0.2, 0.25) is 11.8 Å². The quantitative estimate of drug-likeness (QED) is 0.0935. The smallest absolute Gasteiger partial charge is 0.303 e. The molecule has 1 aliphatic heterocycles. The van der Waals surface area contributed by atoms with Crippen molar-refractivity contribution in [3.05, 3.63) is 75.8 Å². The van der Waals surface area contributed by atoms with Gasteiger partial charge in [-0.05, 0) is 85.1 Å². The van der Waals surface area contributed by atoms with Crippen molar-refractivity contribution in [2.24, 2.45) is 17.8 Å². The molecule has 4 N–H and O–H groups in total. The topological polar surface area (TPSA) is 135 Å². The number of unbranched alkanes of at least 4 members (excludes halogenated alkanes) is 2. The average Bonchev–Trinajstić information content (AvgIpc) is 3.23. The molecule has 0 aromatic heterocycles. The minimum Gasteiger partial charge on any atom is -0.508 e. The molecule has 4 atom stereocenters. The van der Waals surface area contributed by atoms with Gasteiger partial charge in [0.1, 0.15) is 5.75 Å². The van der Waals surface area contributed by atoms with Crippen LogP contribution in [0, 0.1) is 17.8 Å². The maximum Gasteiger partial charge on any atom is 0.303 e. The minimum absolute atomic E-state index is 0.0495. The molecule has 43 heavy (non-hydrogen) atoms. The molecule has 0 unspecified atom stereocenters. The molecular weight excluding hydrogens is 570 g/mol. The monoisotopic (exact) mass is 609 g/mol. The second-order valence-electron chi connectivity index (χ2n) is 11.4. The molecule has 1 aliphatic carbocycles. The number of hydrogen-bond donors (Lipinski definition) is 4. The summed E-state index contributed by atoms with van der Waals surface area (Å²) in [5.74, 6) is -3.31. The van der Waals surface area contributed by atoms with Crippen LogP contribution < -0.4 is 0 Å². The van der Waals surface area contributed by atoms with Gasteiger partial charge in [-0.25, -0.2) is 0 Å². The van der Waals surface area contributed by atoms with Gasteiger partial charge >= 0.3 is 5.97 Å². The largest absolute Gasteiger partial charge is 0.508 e. The Morgan fingerprint density at radius 1 is 1.07 bits per heavy atom. The second kappa shape index (κ2) is 14.8. The van der Waals surface area contributed by atoms with Gasteiger partial charge in [0.05, 0.1) is 29.6 Å². The number of benzene rings is 2. The number of hydrogen-bond acceptors (Lipinski definition) is 6. The molecule has 230 valence electrons. The molecule has 4 rings (SSSR count). The van der Waals surface area contributed by atoms with E-state index < -0.39 is 29.8 Å². The summed E-state index contributed by atoms with van der Waals surface area (Å²) in [6.45, 7) is 1.83.